The van der Waals surface area contributed by atoms with E-state index in [1.165, 1.54) is 37.0 Å². The molecule has 1 fully saturated rings. The van der Waals surface area contributed by atoms with Gasteiger partial charge in [-0.3, -0.25) is 14.5 Å². The zero-order valence-corrected chi connectivity index (χ0v) is 20.2. The number of rotatable bonds is 12. The highest BCUT2D eigenvalue weighted by molar-refractivity contribution is 6.35. The number of benzene rings is 1. The van der Waals surface area contributed by atoms with Gasteiger partial charge in [0.1, 0.15) is 11.4 Å². The third kappa shape index (κ3) is 5.93. The summed E-state index contributed by atoms with van der Waals surface area (Å²) in [6, 6.07) is 7.66. The van der Waals surface area contributed by atoms with E-state index in [9.17, 15) is 9.59 Å². The highest BCUT2D eigenvalue weighted by Crippen LogP contribution is 2.34. The minimum Gasteiger partial charge on any atom is -0.494 e. The van der Waals surface area contributed by atoms with Gasteiger partial charge in [0.05, 0.1) is 12.2 Å². The van der Waals surface area contributed by atoms with Crippen LogP contribution in [-0.2, 0) is 9.59 Å². The number of unbranched alkanes of at least 4 members (excludes halogenated alkanes) is 5. The Balaban J connectivity index is 1.80. The number of amides is 2. The van der Waals surface area contributed by atoms with Gasteiger partial charge in [-0.2, -0.15) is 0 Å². The second kappa shape index (κ2) is 12.1. The third-order valence-electron chi connectivity index (χ3n) is 6.47. The summed E-state index contributed by atoms with van der Waals surface area (Å²) in [5.41, 5.74) is 1.98. The lowest BCUT2D eigenvalue weighted by molar-refractivity contribution is -0.137. The molecular formula is C27H40N2O3. The van der Waals surface area contributed by atoms with Crippen LogP contribution >= 0.6 is 0 Å². The number of carbonyl (C=O) groups is 2. The number of ether oxygens (including phenoxy) is 1. The normalized spacial score (nSPS) is 19.3. The molecule has 32 heavy (non-hydrogen) atoms. The Morgan fingerprint density at radius 1 is 0.938 bits per heavy atom. The van der Waals surface area contributed by atoms with Crippen molar-refractivity contribution in [3.05, 3.63) is 35.5 Å². The van der Waals surface area contributed by atoms with Crippen molar-refractivity contribution in [1.29, 1.82) is 0 Å². The zero-order valence-electron chi connectivity index (χ0n) is 20.2. The lowest BCUT2D eigenvalue weighted by Gasteiger charge is -2.33. The van der Waals surface area contributed by atoms with E-state index in [0.29, 0.717) is 30.3 Å². The maximum absolute atomic E-state index is 13.5. The lowest BCUT2D eigenvalue weighted by Crippen LogP contribution is -2.39. The molecule has 0 spiro atoms. The van der Waals surface area contributed by atoms with E-state index < -0.39 is 0 Å². The van der Waals surface area contributed by atoms with Crippen molar-refractivity contribution in [3.63, 3.8) is 0 Å². The Hall–Kier alpha value is -2.30. The second-order valence-electron chi connectivity index (χ2n) is 9.32. The molecule has 2 amide bonds. The standard InChI is InChI=1S/C27H40N2O3/c1-4-6-7-8-9-10-18-29-26(30)24(22-13-15-23(16-14-22)32-19-5-2)25(27(29)31)28-17-11-12-21(3)20-28/h13-16,21H,4-12,17-20H2,1-3H3. The number of likely N-dealkylation sites (tertiary alicyclic amines) is 1. The highest BCUT2D eigenvalue weighted by Gasteiger charge is 2.41. The summed E-state index contributed by atoms with van der Waals surface area (Å²) in [4.78, 5) is 30.6. The van der Waals surface area contributed by atoms with Crippen molar-refractivity contribution >= 4 is 17.4 Å². The highest BCUT2D eigenvalue weighted by atomic mass is 16.5. The Morgan fingerprint density at radius 2 is 1.66 bits per heavy atom. The first-order valence-corrected chi connectivity index (χ1v) is 12.6. The minimum atomic E-state index is -0.140. The van der Waals surface area contributed by atoms with Crippen LogP contribution in [0, 0.1) is 5.92 Å². The van der Waals surface area contributed by atoms with Crippen LogP contribution in [0.1, 0.15) is 84.1 Å². The molecule has 2 aliphatic heterocycles. The fourth-order valence-electron chi connectivity index (χ4n) is 4.70. The van der Waals surface area contributed by atoms with Crippen LogP contribution in [0.4, 0.5) is 0 Å². The molecular weight excluding hydrogens is 400 g/mol. The molecule has 5 nitrogen and oxygen atoms in total. The predicted octanol–water partition coefficient (Wildman–Crippen LogP) is 5.65. The smallest absolute Gasteiger partial charge is 0.277 e. The van der Waals surface area contributed by atoms with Crippen molar-refractivity contribution in [2.45, 2.75) is 78.6 Å². The molecule has 0 bridgehead atoms. The Labute approximate surface area is 193 Å². The summed E-state index contributed by atoms with van der Waals surface area (Å²) in [5.74, 6) is 1.07. The van der Waals surface area contributed by atoms with Gasteiger partial charge < -0.3 is 9.64 Å². The summed E-state index contributed by atoms with van der Waals surface area (Å²) in [6.45, 7) is 9.36. The van der Waals surface area contributed by atoms with Crippen LogP contribution in [0.3, 0.4) is 0 Å². The first-order chi connectivity index (χ1) is 15.6. The lowest BCUT2D eigenvalue weighted by atomic mass is 9.97. The molecule has 1 atom stereocenters. The van der Waals surface area contributed by atoms with Crippen LogP contribution in [-0.4, -0.2) is 47.9 Å². The maximum atomic E-state index is 13.5. The van der Waals surface area contributed by atoms with Gasteiger partial charge in [0.15, 0.2) is 0 Å². The first-order valence-electron chi connectivity index (χ1n) is 12.6. The second-order valence-corrected chi connectivity index (χ2v) is 9.32. The third-order valence-corrected chi connectivity index (χ3v) is 6.47. The molecule has 1 aromatic carbocycles. The maximum Gasteiger partial charge on any atom is 0.277 e. The van der Waals surface area contributed by atoms with E-state index >= 15 is 0 Å². The number of carbonyl (C=O) groups excluding carboxylic acids is 2. The quantitative estimate of drug-likeness (QED) is 0.311. The van der Waals surface area contributed by atoms with Gasteiger partial charge in [-0.1, -0.05) is 65.0 Å². The van der Waals surface area contributed by atoms with Gasteiger partial charge in [0.2, 0.25) is 0 Å². The predicted molar refractivity (Wildman–Crippen MR) is 129 cm³/mol. The molecule has 2 aliphatic rings. The van der Waals surface area contributed by atoms with E-state index in [2.05, 4.69) is 25.7 Å². The Bertz CT molecular complexity index is 800. The van der Waals surface area contributed by atoms with E-state index in [0.717, 1.165) is 50.1 Å². The van der Waals surface area contributed by atoms with Crippen LogP contribution in [0.2, 0.25) is 0 Å². The Morgan fingerprint density at radius 3 is 2.34 bits per heavy atom. The summed E-state index contributed by atoms with van der Waals surface area (Å²) < 4.78 is 5.70. The van der Waals surface area contributed by atoms with E-state index in [4.69, 9.17) is 4.74 Å². The summed E-state index contributed by atoms with van der Waals surface area (Å²) in [5, 5.41) is 0. The number of imide groups is 1. The summed E-state index contributed by atoms with van der Waals surface area (Å²) in [6.07, 6.45) is 9.98. The molecule has 1 aromatic rings. The number of hydrogen-bond donors (Lipinski definition) is 0. The summed E-state index contributed by atoms with van der Waals surface area (Å²) in [7, 11) is 0. The zero-order chi connectivity index (χ0) is 22.9. The molecule has 1 unspecified atom stereocenters. The van der Waals surface area contributed by atoms with Crippen LogP contribution in [0.15, 0.2) is 30.0 Å². The Kier molecular flexibility index (Phi) is 9.19. The average molecular weight is 441 g/mol. The molecule has 0 radical (unpaired) electrons. The summed E-state index contributed by atoms with van der Waals surface area (Å²) >= 11 is 0. The van der Waals surface area contributed by atoms with Gasteiger partial charge in [-0.25, -0.2) is 0 Å². The van der Waals surface area contributed by atoms with Crippen molar-refractivity contribution in [3.8, 4) is 5.75 Å². The van der Waals surface area contributed by atoms with Crippen molar-refractivity contribution in [1.82, 2.24) is 9.80 Å². The first kappa shape index (κ1) is 24.3. The van der Waals surface area contributed by atoms with Crippen LogP contribution in [0.5, 0.6) is 5.75 Å². The molecule has 0 saturated carbocycles. The average Bonchev–Trinajstić information content (AvgIpc) is 3.05. The monoisotopic (exact) mass is 440 g/mol. The largest absolute Gasteiger partial charge is 0.494 e. The molecule has 176 valence electrons. The van der Waals surface area contributed by atoms with Gasteiger partial charge >= 0.3 is 0 Å². The van der Waals surface area contributed by atoms with Crippen molar-refractivity contribution in [2.75, 3.05) is 26.2 Å². The number of piperidine rings is 1. The number of hydrogen-bond acceptors (Lipinski definition) is 4. The number of nitrogens with zero attached hydrogens (tertiary/aromatic N) is 2. The van der Waals surface area contributed by atoms with Crippen LogP contribution in [0.25, 0.3) is 5.57 Å². The van der Waals surface area contributed by atoms with Gasteiger partial charge in [-0.05, 0) is 49.3 Å². The van der Waals surface area contributed by atoms with Gasteiger partial charge in [0, 0.05) is 19.6 Å². The molecule has 1 saturated heterocycles. The fraction of sp³-hybridized carbons (Fsp3) is 0.630. The van der Waals surface area contributed by atoms with Crippen LogP contribution < -0.4 is 4.74 Å². The molecule has 0 aliphatic carbocycles. The van der Waals surface area contributed by atoms with Crippen molar-refractivity contribution in [2.24, 2.45) is 5.92 Å². The van der Waals surface area contributed by atoms with Gasteiger partial charge in [-0.15, -0.1) is 0 Å². The van der Waals surface area contributed by atoms with E-state index in [1.807, 2.05) is 24.3 Å². The topological polar surface area (TPSA) is 49.9 Å². The molecule has 5 heteroatoms. The minimum absolute atomic E-state index is 0.112. The van der Waals surface area contributed by atoms with Gasteiger partial charge in [0.25, 0.3) is 11.8 Å². The van der Waals surface area contributed by atoms with Crippen molar-refractivity contribution < 1.29 is 14.3 Å². The van der Waals surface area contributed by atoms with E-state index in [1.54, 1.807) is 0 Å². The molecule has 2 heterocycles. The fourth-order valence-corrected chi connectivity index (χ4v) is 4.70. The SMILES string of the molecule is CCCCCCCCN1C(=O)C(c2ccc(OCCC)cc2)=C(N2CCCC(C)C2)C1=O. The molecule has 0 N–H and O–H groups in total. The molecule has 0 aromatic heterocycles. The van der Waals surface area contributed by atoms with E-state index in [-0.39, 0.29) is 11.8 Å². The molecule has 3 rings (SSSR count).